The van der Waals surface area contributed by atoms with Gasteiger partial charge in [0.2, 0.25) is 10.9 Å². The molecule has 5 aromatic rings. The molecule has 0 bridgehead atoms. The van der Waals surface area contributed by atoms with Crippen molar-refractivity contribution in [3.63, 3.8) is 0 Å². The van der Waals surface area contributed by atoms with E-state index in [0.717, 1.165) is 0 Å². The molecule has 0 aliphatic heterocycles. The lowest BCUT2D eigenvalue weighted by Gasteiger charge is -2.13. The molecule has 31 heavy (non-hydrogen) atoms. The van der Waals surface area contributed by atoms with Crippen molar-refractivity contribution >= 4 is 43.1 Å². The Hall–Kier alpha value is -4.46. The average Bonchev–Trinajstić information content (AvgIpc) is 2.74. The molecule has 0 unspecified atom stereocenters. The summed E-state index contributed by atoms with van der Waals surface area (Å²) in [6, 6.07) is 7.84. The van der Waals surface area contributed by atoms with E-state index in [1.54, 1.807) is 0 Å². The van der Waals surface area contributed by atoms with Crippen LogP contribution in [0, 0.1) is 0 Å². The molecule has 0 aromatic heterocycles. The zero-order valence-electron chi connectivity index (χ0n) is 15.8. The highest BCUT2D eigenvalue weighted by Crippen LogP contribution is 2.39. The van der Waals surface area contributed by atoms with Crippen molar-refractivity contribution in [2.75, 3.05) is 7.11 Å². The Labute approximate surface area is 171 Å². The molecule has 5 rings (SSSR count). The Kier molecular flexibility index (Phi) is 3.61. The van der Waals surface area contributed by atoms with Gasteiger partial charge in [-0.2, -0.15) is 0 Å². The van der Waals surface area contributed by atoms with Gasteiger partial charge < -0.3 is 20.1 Å². The molecule has 0 aliphatic carbocycles. The number of benzene rings is 5. The summed E-state index contributed by atoms with van der Waals surface area (Å²) in [6.07, 6.45) is 0. The van der Waals surface area contributed by atoms with E-state index in [1.807, 2.05) is 0 Å². The van der Waals surface area contributed by atoms with Crippen LogP contribution in [0.3, 0.4) is 0 Å². The highest BCUT2D eigenvalue weighted by atomic mass is 16.5. The number of ether oxygens (including phenoxy) is 1. The third kappa shape index (κ3) is 2.13. The topological polar surface area (TPSA) is 138 Å². The molecular formula is C23H12O8. The van der Waals surface area contributed by atoms with Crippen molar-refractivity contribution in [1.29, 1.82) is 0 Å². The standard InChI is InChI=1S/C23H12O8/c1-31-23-16-14(20(28)12-8(18(16)26)4-2-6-10(12)24)22(30)15-17(23)19(27)9-5-3-7-11(25)13(9)21(15)29/h2-7,24-25,30H,1H3. The van der Waals surface area contributed by atoms with Crippen molar-refractivity contribution in [3.8, 4) is 23.0 Å². The zero-order chi connectivity index (χ0) is 22.2. The lowest BCUT2D eigenvalue weighted by molar-refractivity contribution is 0.423. The molecular weight excluding hydrogens is 404 g/mol. The minimum absolute atomic E-state index is 0.122. The number of fused-ring (bicyclic) bond motifs is 4. The predicted octanol–water partition coefficient (Wildman–Crippen LogP) is 1.74. The van der Waals surface area contributed by atoms with E-state index >= 15 is 0 Å². The molecule has 0 radical (unpaired) electrons. The van der Waals surface area contributed by atoms with Crippen LogP contribution in [0.2, 0.25) is 0 Å². The molecule has 3 N–H and O–H groups in total. The van der Waals surface area contributed by atoms with Crippen molar-refractivity contribution in [1.82, 2.24) is 0 Å². The fraction of sp³-hybridized carbons (Fsp3) is 0.0435. The van der Waals surface area contributed by atoms with Crippen LogP contribution in [-0.4, -0.2) is 22.4 Å². The van der Waals surface area contributed by atoms with Crippen molar-refractivity contribution in [3.05, 3.63) is 77.3 Å². The van der Waals surface area contributed by atoms with Gasteiger partial charge in [0, 0.05) is 10.8 Å². The first kappa shape index (κ1) is 18.6. The molecule has 152 valence electrons. The molecule has 0 atom stereocenters. The maximum Gasteiger partial charge on any atom is 0.202 e. The Morgan fingerprint density at radius 2 is 1.00 bits per heavy atom. The van der Waals surface area contributed by atoms with Crippen LogP contribution in [0.25, 0.3) is 43.1 Å². The van der Waals surface area contributed by atoms with Gasteiger partial charge in [0.1, 0.15) is 23.0 Å². The Morgan fingerprint density at radius 1 is 0.581 bits per heavy atom. The quantitative estimate of drug-likeness (QED) is 0.351. The third-order valence-corrected chi connectivity index (χ3v) is 5.57. The number of hydrogen-bond donors (Lipinski definition) is 3. The summed E-state index contributed by atoms with van der Waals surface area (Å²) in [5.74, 6) is -2.15. The van der Waals surface area contributed by atoms with E-state index in [-0.39, 0.29) is 38.1 Å². The largest absolute Gasteiger partial charge is 0.507 e. The van der Waals surface area contributed by atoms with Gasteiger partial charge in [-0.15, -0.1) is 0 Å². The van der Waals surface area contributed by atoms with Crippen molar-refractivity contribution < 1.29 is 20.1 Å². The molecule has 0 fully saturated rings. The lowest BCUT2D eigenvalue weighted by Crippen LogP contribution is -2.19. The molecule has 0 amide bonds. The second-order valence-corrected chi connectivity index (χ2v) is 7.10. The van der Waals surface area contributed by atoms with Gasteiger partial charge in [0.05, 0.1) is 39.4 Å². The minimum atomic E-state index is -0.898. The number of hydrogen-bond acceptors (Lipinski definition) is 8. The predicted molar refractivity (Wildman–Crippen MR) is 115 cm³/mol. The van der Waals surface area contributed by atoms with Crippen LogP contribution in [0.15, 0.2) is 55.6 Å². The smallest absolute Gasteiger partial charge is 0.202 e. The van der Waals surface area contributed by atoms with Gasteiger partial charge in [-0.05, 0) is 12.1 Å². The second-order valence-electron chi connectivity index (χ2n) is 7.10. The molecule has 0 spiro atoms. The summed E-state index contributed by atoms with van der Waals surface area (Å²) < 4.78 is 5.31. The highest BCUT2D eigenvalue weighted by Gasteiger charge is 2.27. The van der Waals surface area contributed by atoms with E-state index < -0.39 is 49.7 Å². The summed E-state index contributed by atoms with van der Waals surface area (Å²) in [7, 11) is 1.17. The molecule has 0 saturated heterocycles. The van der Waals surface area contributed by atoms with E-state index in [9.17, 15) is 34.5 Å². The molecule has 0 saturated carbocycles. The van der Waals surface area contributed by atoms with Gasteiger partial charge in [-0.25, -0.2) is 0 Å². The normalized spacial score (nSPS) is 11.6. The maximum absolute atomic E-state index is 13.2. The SMILES string of the molecule is COc1c2c(=O)c3cccc(O)c3c(=O)c2c(O)c2c(=O)c3c(O)cccc3c(=O)c12. The van der Waals surface area contributed by atoms with Gasteiger partial charge in [-0.1, -0.05) is 24.3 Å². The van der Waals surface area contributed by atoms with E-state index in [0.29, 0.717) is 0 Å². The number of methoxy groups -OCH3 is 1. The zero-order valence-corrected chi connectivity index (χ0v) is 15.8. The van der Waals surface area contributed by atoms with Crippen LogP contribution in [0.1, 0.15) is 0 Å². The van der Waals surface area contributed by atoms with Gasteiger partial charge in [0.25, 0.3) is 0 Å². The summed E-state index contributed by atoms with van der Waals surface area (Å²) in [6.45, 7) is 0. The first-order valence-corrected chi connectivity index (χ1v) is 9.09. The second kappa shape index (κ2) is 6.02. The highest BCUT2D eigenvalue weighted by molar-refractivity contribution is 6.17. The fourth-order valence-electron chi connectivity index (χ4n) is 4.25. The molecule has 8 nitrogen and oxygen atoms in total. The van der Waals surface area contributed by atoms with Gasteiger partial charge in [0.15, 0.2) is 10.9 Å². The average molecular weight is 416 g/mol. The van der Waals surface area contributed by atoms with Crippen molar-refractivity contribution in [2.24, 2.45) is 0 Å². The van der Waals surface area contributed by atoms with Crippen LogP contribution >= 0.6 is 0 Å². The number of phenolic OH excluding ortho intramolecular Hbond substituents is 3. The van der Waals surface area contributed by atoms with E-state index in [1.165, 1.54) is 43.5 Å². The molecule has 5 aromatic carbocycles. The number of rotatable bonds is 1. The summed E-state index contributed by atoms with van der Waals surface area (Å²) in [4.78, 5) is 52.8. The molecule has 8 heteroatoms. The first-order valence-electron chi connectivity index (χ1n) is 9.09. The summed E-state index contributed by atoms with van der Waals surface area (Å²) >= 11 is 0. The van der Waals surface area contributed by atoms with Crippen LogP contribution in [0.4, 0.5) is 0 Å². The number of phenols is 3. The van der Waals surface area contributed by atoms with Gasteiger partial charge >= 0.3 is 0 Å². The molecule has 0 heterocycles. The Bertz CT molecular complexity index is 1700. The van der Waals surface area contributed by atoms with Crippen LogP contribution in [0.5, 0.6) is 23.0 Å². The minimum Gasteiger partial charge on any atom is -0.507 e. The van der Waals surface area contributed by atoms with Gasteiger partial charge in [-0.3, -0.25) is 19.2 Å². The first-order chi connectivity index (χ1) is 14.8. The van der Waals surface area contributed by atoms with Crippen LogP contribution < -0.4 is 26.5 Å². The van der Waals surface area contributed by atoms with Crippen molar-refractivity contribution in [2.45, 2.75) is 0 Å². The summed E-state index contributed by atoms with van der Waals surface area (Å²) in [5, 5.41) is 28.5. The molecule has 0 aliphatic rings. The number of aromatic hydroxyl groups is 3. The van der Waals surface area contributed by atoms with Crippen LogP contribution in [-0.2, 0) is 0 Å². The fourth-order valence-corrected chi connectivity index (χ4v) is 4.25. The van der Waals surface area contributed by atoms with E-state index in [2.05, 4.69) is 0 Å². The Balaban J connectivity index is 2.29. The monoisotopic (exact) mass is 416 g/mol. The third-order valence-electron chi connectivity index (χ3n) is 5.57. The Morgan fingerprint density at radius 3 is 1.39 bits per heavy atom. The maximum atomic E-state index is 13.2. The lowest BCUT2D eigenvalue weighted by atomic mass is 9.93. The van der Waals surface area contributed by atoms with E-state index in [4.69, 9.17) is 4.74 Å². The summed E-state index contributed by atoms with van der Waals surface area (Å²) in [5.41, 5.74) is -3.30.